The van der Waals surface area contributed by atoms with Crippen molar-refractivity contribution in [3.05, 3.63) is 44.3 Å². The Balaban J connectivity index is 2.63. The minimum absolute atomic E-state index is 0.346. The van der Waals surface area contributed by atoms with Crippen LogP contribution in [0.25, 0.3) is 21.9 Å². The van der Waals surface area contributed by atoms with Gasteiger partial charge >= 0.3 is 5.63 Å². The molecule has 3 aromatic rings. The van der Waals surface area contributed by atoms with E-state index in [-0.39, 0.29) is 5.63 Å². The Hall–Kier alpha value is -1.55. The molecule has 86 valence electrons. The molecule has 4 heteroatoms. The fourth-order valence-electron chi connectivity index (χ4n) is 2.16. The van der Waals surface area contributed by atoms with Gasteiger partial charge in [0.2, 0.25) is 0 Å². The second-order valence-corrected chi connectivity index (χ2v) is 5.01. The zero-order chi connectivity index (χ0) is 12.2. The predicted molar refractivity (Wildman–Crippen MR) is 71.5 cm³/mol. The molecule has 0 saturated carbocycles. The molecule has 2 heterocycles. The third-order valence-electron chi connectivity index (χ3n) is 3.13. The van der Waals surface area contributed by atoms with E-state index in [4.69, 9.17) is 4.42 Å². The summed E-state index contributed by atoms with van der Waals surface area (Å²) < 4.78 is 5.70. The molecule has 0 saturated heterocycles. The van der Waals surface area contributed by atoms with E-state index in [0.717, 1.165) is 22.0 Å². The molecular formula is C13H10BrNO2. The number of hydrogen-bond donors (Lipinski definition) is 1. The van der Waals surface area contributed by atoms with E-state index in [1.807, 2.05) is 25.1 Å². The van der Waals surface area contributed by atoms with Crippen molar-refractivity contribution in [1.82, 2.24) is 4.98 Å². The van der Waals surface area contributed by atoms with Crippen LogP contribution in [0.1, 0.15) is 11.3 Å². The molecule has 3 nitrogen and oxygen atoms in total. The van der Waals surface area contributed by atoms with Gasteiger partial charge in [0.05, 0.1) is 0 Å². The van der Waals surface area contributed by atoms with Crippen molar-refractivity contribution in [2.45, 2.75) is 13.8 Å². The lowest BCUT2D eigenvalue weighted by atomic mass is 10.1. The maximum atomic E-state index is 11.4. The lowest BCUT2D eigenvalue weighted by Gasteiger charge is -2.00. The van der Waals surface area contributed by atoms with Gasteiger partial charge in [-0.25, -0.2) is 4.79 Å². The lowest BCUT2D eigenvalue weighted by Crippen LogP contribution is -1.98. The van der Waals surface area contributed by atoms with Crippen LogP contribution in [0.4, 0.5) is 0 Å². The molecule has 1 aromatic carbocycles. The van der Waals surface area contributed by atoms with Crippen LogP contribution < -0.4 is 5.63 Å². The van der Waals surface area contributed by atoms with Gasteiger partial charge in [-0.1, -0.05) is 0 Å². The van der Waals surface area contributed by atoms with Gasteiger partial charge in [0, 0.05) is 22.0 Å². The van der Waals surface area contributed by atoms with Crippen LogP contribution in [-0.2, 0) is 0 Å². The van der Waals surface area contributed by atoms with Gasteiger partial charge in [0.15, 0.2) is 0 Å². The Labute approximate surface area is 106 Å². The Kier molecular flexibility index (Phi) is 2.16. The Morgan fingerprint density at radius 3 is 2.82 bits per heavy atom. The largest absolute Gasteiger partial charge is 0.422 e. The molecule has 0 fully saturated rings. The fourth-order valence-corrected chi connectivity index (χ4v) is 2.47. The highest BCUT2D eigenvalue weighted by Crippen LogP contribution is 2.30. The second-order valence-electron chi connectivity index (χ2n) is 4.16. The summed E-state index contributed by atoms with van der Waals surface area (Å²) >= 11 is 3.22. The van der Waals surface area contributed by atoms with Gasteiger partial charge in [-0.05, 0) is 53.5 Å². The smallest absolute Gasteiger partial charge is 0.350 e. The van der Waals surface area contributed by atoms with E-state index >= 15 is 0 Å². The highest BCUT2D eigenvalue weighted by Gasteiger charge is 2.11. The number of fused-ring (bicyclic) bond motifs is 3. The molecule has 3 rings (SSSR count). The van der Waals surface area contributed by atoms with E-state index in [2.05, 4.69) is 27.8 Å². The van der Waals surface area contributed by atoms with Gasteiger partial charge in [-0.3, -0.25) is 0 Å². The van der Waals surface area contributed by atoms with Crippen LogP contribution in [0.2, 0.25) is 0 Å². The first kappa shape index (κ1) is 10.6. The summed E-state index contributed by atoms with van der Waals surface area (Å²) in [5.74, 6) is 0. The van der Waals surface area contributed by atoms with Gasteiger partial charge in [0.25, 0.3) is 0 Å². The lowest BCUT2D eigenvalue weighted by molar-refractivity contribution is 0.557. The number of H-pyrrole nitrogens is 1. The zero-order valence-corrected chi connectivity index (χ0v) is 11.0. The molecule has 2 aromatic heterocycles. The van der Waals surface area contributed by atoms with E-state index in [9.17, 15) is 4.79 Å². The predicted octanol–water partition coefficient (Wildman–Crippen LogP) is 3.65. The summed E-state index contributed by atoms with van der Waals surface area (Å²) in [7, 11) is 0. The summed E-state index contributed by atoms with van der Waals surface area (Å²) in [4.78, 5) is 14.8. The molecule has 0 radical (unpaired) electrons. The number of halogens is 1. The van der Waals surface area contributed by atoms with Gasteiger partial charge < -0.3 is 9.40 Å². The molecule has 0 aliphatic heterocycles. The standard InChI is InChI=1S/C13H10BrNO2/c1-6-7(2)15-10-3-4-11-8(12(6)10)5-9(14)13(16)17-11/h3-5,15H,1-2H3. The number of rotatable bonds is 0. The molecule has 0 spiro atoms. The van der Waals surface area contributed by atoms with Crippen molar-refractivity contribution in [3.63, 3.8) is 0 Å². The summed E-state index contributed by atoms with van der Waals surface area (Å²) in [6, 6.07) is 5.58. The number of aromatic amines is 1. The maximum Gasteiger partial charge on any atom is 0.350 e. The van der Waals surface area contributed by atoms with Crippen LogP contribution >= 0.6 is 15.9 Å². The fraction of sp³-hybridized carbons (Fsp3) is 0.154. The molecule has 0 aliphatic carbocycles. The summed E-state index contributed by atoms with van der Waals surface area (Å²) in [6.45, 7) is 4.10. The molecule has 0 aliphatic rings. The molecular weight excluding hydrogens is 282 g/mol. The van der Waals surface area contributed by atoms with Crippen LogP contribution in [0.5, 0.6) is 0 Å². The van der Waals surface area contributed by atoms with Crippen LogP contribution in [0.15, 0.2) is 31.9 Å². The van der Waals surface area contributed by atoms with Crippen molar-refractivity contribution >= 4 is 37.8 Å². The average Bonchev–Trinajstić information content (AvgIpc) is 2.57. The van der Waals surface area contributed by atoms with Gasteiger partial charge in [-0.15, -0.1) is 0 Å². The van der Waals surface area contributed by atoms with Crippen molar-refractivity contribution < 1.29 is 4.42 Å². The van der Waals surface area contributed by atoms with E-state index in [0.29, 0.717) is 10.1 Å². The Morgan fingerprint density at radius 2 is 2.06 bits per heavy atom. The molecule has 0 amide bonds. The topological polar surface area (TPSA) is 46.0 Å². The second kappa shape index (κ2) is 3.47. The third-order valence-corrected chi connectivity index (χ3v) is 3.69. The first-order chi connectivity index (χ1) is 8.08. The quantitative estimate of drug-likeness (QED) is 0.643. The minimum Gasteiger partial charge on any atom is -0.422 e. The number of nitrogens with one attached hydrogen (secondary N) is 1. The summed E-state index contributed by atoms with van der Waals surface area (Å²) in [6.07, 6.45) is 0. The number of hydrogen-bond acceptors (Lipinski definition) is 2. The summed E-state index contributed by atoms with van der Waals surface area (Å²) in [5, 5.41) is 2.07. The van der Waals surface area contributed by atoms with Gasteiger partial charge in [0.1, 0.15) is 10.1 Å². The highest BCUT2D eigenvalue weighted by molar-refractivity contribution is 9.10. The highest BCUT2D eigenvalue weighted by atomic mass is 79.9. The molecule has 0 unspecified atom stereocenters. The van der Waals surface area contributed by atoms with Crippen LogP contribution in [0, 0.1) is 13.8 Å². The molecule has 0 bridgehead atoms. The minimum atomic E-state index is -0.346. The SMILES string of the molecule is Cc1[nH]c2ccc3oc(=O)c(Br)cc3c2c1C. The first-order valence-corrected chi connectivity index (χ1v) is 6.08. The molecule has 0 atom stereocenters. The maximum absolute atomic E-state index is 11.4. The van der Waals surface area contributed by atoms with Crippen LogP contribution in [0.3, 0.4) is 0 Å². The zero-order valence-electron chi connectivity index (χ0n) is 9.43. The normalized spacial score (nSPS) is 11.5. The third kappa shape index (κ3) is 1.44. The number of benzene rings is 1. The Morgan fingerprint density at radius 1 is 1.29 bits per heavy atom. The molecule has 17 heavy (non-hydrogen) atoms. The van der Waals surface area contributed by atoms with Crippen molar-refractivity contribution in [2.75, 3.05) is 0 Å². The monoisotopic (exact) mass is 291 g/mol. The van der Waals surface area contributed by atoms with E-state index in [1.54, 1.807) is 0 Å². The van der Waals surface area contributed by atoms with Gasteiger partial charge in [-0.2, -0.15) is 0 Å². The van der Waals surface area contributed by atoms with Crippen molar-refractivity contribution in [2.24, 2.45) is 0 Å². The van der Waals surface area contributed by atoms with Crippen molar-refractivity contribution in [3.8, 4) is 0 Å². The van der Waals surface area contributed by atoms with E-state index in [1.165, 1.54) is 5.56 Å². The Bertz CT molecular complexity index is 798. The first-order valence-electron chi connectivity index (χ1n) is 5.29. The molecule has 1 N–H and O–H groups in total. The van der Waals surface area contributed by atoms with Crippen molar-refractivity contribution in [1.29, 1.82) is 0 Å². The number of aromatic nitrogens is 1. The summed E-state index contributed by atoms with van der Waals surface area (Å²) in [5.41, 5.74) is 3.66. The van der Waals surface area contributed by atoms with E-state index < -0.39 is 0 Å². The van der Waals surface area contributed by atoms with Crippen LogP contribution in [-0.4, -0.2) is 4.98 Å². The average molecular weight is 292 g/mol. The number of aryl methyl sites for hydroxylation is 2.